The van der Waals surface area contributed by atoms with Gasteiger partial charge in [0, 0.05) is 49.2 Å². The Bertz CT molecular complexity index is 725. The Morgan fingerprint density at radius 3 is 2.38 bits per heavy atom. The van der Waals surface area contributed by atoms with Gasteiger partial charge in [0.15, 0.2) is 0 Å². The molecular weight excluding hydrogens is 324 g/mol. The van der Waals surface area contributed by atoms with E-state index in [1.54, 1.807) is 0 Å². The molecule has 1 aliphatic carbocycles. The number of para-hydroxylation sites is 1. The molecule has 26 heavy (non-hydrogen) atoms. The lowest BCUT2D eigenvalue weighted by Crippen LogP contribution is -2.50. The maximum atomic E-state index is 12.5. The van der Waals surface area contributed by atoms with E-state index in [0.717, 1.165) is 36.7 Å². The highest BCUT2D eigenvalue weighted by atomic mass is 16.2. The van der Waals surface area contributed by atoms with Gasteiger partial charge in [-0.2, -0.15) is 0 Å². The van der Waals surface area contributed by atoms with E-state index in [-0.39, 0.29) is 5.91 Å². The molecular formula is C21H26N4O. The molecule has 2 fully saturated rings. The molecule has 0 radical (unpaired) electrons. The van der Waals surface area contributed by atoms with Crippen molar-refractivity contribution in [2.75, 3.05) is 24.5 Å². The van der Waals surface area contributed by atoms with E-state index in [4.69, 9.17) is 0 Å². The van der Waals surface area contributed by atoms with Crippen LogP contribution in [-0.2, 0) is 11.3 Å². The third-order valence-corrected chi connectivity index (χ3v) is 5.47. The fraction of sp³-hybridized carbons (Fsp3) is 0.476. The van der Waals surface area contributed by atoms with Gasteiger partial charge in [0.2, 0.25) is 5.91 Å². The molecule has 0 atom stereocenters. The van der Waals surface area contributed by atoms with Crippen LogP contribution in [0.3, 0.4) is 0 Å². The highest BCUT2D eigenvalue weighted by Crippen LogP contribution is 2.30. The van der Waals surface area contributed by atoms with Gasteiger partial charge in [-0.15, -0.1) is 0 Å². The number of carbonyl (C=O) groups is 1. The lowest BCUT2D eigenvalue weighted by molar-refractivity contribution is -0.121. The normalized spacial score (nSPS) is 19.7. The van der Waals surface area contributed by atoms with Gasteiger partial charge in [-0.1, -0.05) is 37.5 Å². The van der Waals surface area contributed by atoms with Crippen molar-refractivity contribution < 1.29 is 4.79 Å². The fourth-order valence-corrected chi connectivity index (χ4v) is 4.01. The van der Waals surface area contributed by atoms with Crippen LogP contribution in [0.2, 0.25) is 0 Å². The number of benzene rings is 1. The molecule has 2 aromatic rings. The standard InChI is InChI=1S/C21H26N4O/c26-20-16-24(11-12-25(20)19-9-5-2-6-10-19)15-17-13-22-21(23-14-17)18-7-3-1-4-8-18/h2,5-6,9-10,13-14,18H,1,3-4,7-8,11-12,15-16H2. The van der Waals surface area contributed by atoms with E-state index in [9.17, 15) is 4.79 Å². The van der Waals surface area contributed by atoms with Crippen molar-refractivity contribution in [3.63, 3.8) is 0 Å². The molecule has 5 nitrogen and oxygen atoms in total. The number of hydrogen-bond acceptors (Lipinski definition) is 4. The maximum Gasteiger partial charge on any atom is 0.241 e. The van der Waals surface area contributed by atoms with Crippen LogP contribution in [0.15, 0.2) is 42.7 Å². The molecule has 0 unspecified atom stereocenters. The summed E-state index contributed by atoms with van der Waals surface area (Å²) in [7, 11) is 0. The van der Waals surface area contributed by atoms with Crippen LogP contribution in [0.5, 0.6) is 0 Å². The van der Waals surface area contributed by atoms with E-state index >= 15 is 0 Å². The van der Waals surface area contributed by atoms with Gasteiger partial charge in [0.05, 0.1) is 6.54 Å². The lowest BCUT2D eigenvalue weighted by atomic mass is 9.89. The molecule has 136 valence electrons. The Labute approximate surface area is 155 Å². The highest BCUT2D eigenvalue weighted by molar-refractivity contribution is 5.95. The number of nitrogens with zero attached hydrogens (tertiary/aromatic N) is 4. The zero-order valence-electron chi connectivity index (χ0n) is 15.2. The summed E-state index contributed by atoms with van der Waals surface area (Å²) in [5.41, 5.74) is 2.07. The zero-order chi connectivity index (χ0) is 17.8. The van der Waals surface area contributed by atoms with Gasteiger partial charge in [-0.3, -0.25) is 9.69 Å². The third-order valence-electron chi connectivity index (χ3n) is 5.47. The summed E-state index contributed by atoms with van der Waals surface area (Å²) in [6, 6.07) is 9.90. The number of amides is 1. The van der Waals surface area contributed by atoms with Crippen LogP contribution in [0.1, 0.15) is 49.4 Å². The summed E-state index contributed by atoms with van der Waals surface area (Å²) >= 11 is 0. The number of hydrogen-bond donors (Lipinski definition) is 0. The summed E-state index contributed by atoms with van der Waals surface area (Å²) in [4.78, 5) is 25.8. The number of piperazine rings is 1. The smallest absolute Gasteiger partial charge is 0.241 e. The van der Waals surface area contributed by atoms with Crippen LogP contribution in [0.25, 0.3) is 0 Å². The first-order valence-corrected chi connectivity index (χ1v) is 9.68. The highest BCUT2D eigenvalue weighted by Gasteiger charge is 2.25. The topological polar surface area (TPSA) is 49.3 Å². The van der Waals surface area contributed by atoms with Crippen LogP contribution >= 0.6 is 0 Å². The SMILES string of the molecule is O=C1CN(Cc2cnc(C3CCCCC3)nc2)CCN1c1ccccc1. The van der Waals surface area contributed by atoms with Crippen LogP contribution in [0, 0.1) is 0 Å². The number of rotatable bonds is 4. The first-order valence-electron chi connectivity index (χ1n) is 9.68. The van der Waals surface area contributed by atoms with Crippen molar-refractivity contribution in [3.05, 3.63) is 54.1 Å². The molecule has 1 aromatic heterocycles. The van der Waals surface area contributed by atoms with E-state index in [1.807, 2.05) is 47.6 Å². The number of anilines is 1. The van der Waals surface area contributed by atoms with E-state index < -0.39 is 0 Å². The maximum absolute atomic E-state index is 12.5. The average Bonchev–Trinajstić information content (AvgIpc) is 2.70. The minimum absolute atomic E-state index is 0.155. The molecule has 0 N–H and O–H groups in total. The largest absolute Gasteiger partial charge is 0.310 e. The van der Waals surface area contributed by atoms with Crippen LogP contribution < -0.4 is 4.90 Å². The lowest BCUT2D eigenvalue weighted by Gasteiger charge is -2.34. The van der Waals surface area contributed by atoms with Crippen LogP contribution in [-0.4, -0.2) is 40.4 Å². The summed E-state index contributed by atoms with van der Waals surface area (Å²) in [6.45, 7) is 2.77. The zero-order valence-corrected chi connectivity index (χ0v) is 15.2. The second kappa shape index (κ2) is 7.96. The Hall–Kier alpha value is -2.27. The average molecular weight is 350 g/mol. The second-order valence-electron chi connectivity index (χ2n) is 7.38. The van der Waals surface area contributed by atoms with Crippen molar-refractivity contribution >= 4 is 11.6 Å². The predicted molar refractivity (Wildman–Crippen MR) is 102 cm³/mol. The number of aromatic nitrogens is 2. The summed E-state index contributed by atoms with van der Waals surface area (Å²) in [5, 5.41) is 0. The summed E-state index contributed by atoms with van der Waals surface area (Å²) in [5.74, 6) is 1.69. The molecule has 2 aliphatic rings. The molecule has 1 aromatic carbocycles. The number of carbonyl (C=O) groups excluding carboxylic acids is 1. The molecule has 2 heterocycles. The monoisotopic (exact) mass is 350 g/mol. The molecule has 1 saturated carbocycles. The molecule has 0 bridgehead atoms. The molecule has 0 spiro atoms. The Kier molecular flexibility index (Phi) is 5.25. The van der Waals surface area contributed by atoms with Gasteiger partial charge in [-0.25, -0.2) is 9.97 Å². The van der Waals surface area contributed by atoms with Crippen molar-refractivity contribution in [3.8, 4) is 0 Å². The van der Waals surface area contributed by atoms with Gasteiger partial charge >= 0.3 is 0 Å². The van der Waals surface area contributed by atoms with Gasteiger partial charge in [0.25, 0.3) is 0 Å². The minimum Gasteiger partial charge on any atom is -0.310 e. The summed E-state index contributed by atoms with van der Waals surface area (Å²) < 4.78 is 0. The van der Waals surface area contributed by atoms with Gasteiger partial charge < -0.3 is 4.90 Å². The quantitative estimate of drug-likeness (QED) is 0.848. The molecule has 4 rings (SSSR count). The van der Waals surface area contributed by atoms with Gasteiger partial charge in [0.1, 0.15) is 5.82 Å². The summed E-state index contributed by atoms with van der Waals surface area (Å²) in [6.07, 6.45) is 10.3. The minimum atomic E-state index is 0.155. The molecule has 1 aliphatic heterocycles. The molecule has 5 heteroatoms. The second-order valence-corrected chi connectivity index (χ2v) is 7.38. The van der Waals surface area contributed by atoms with Crippen molar-refractivity contribution in [2.45, 2.75) is 44.6 Å². The van der Waals surface area contributed by atoms with E-state index in [0.29, 0.717) is 12.5 Å². The Morgan fingerprint density at radius 2 is 1.69 bits per heavy atom. The van der Waals surface area contributed by atoms with E-state index in [1.165, 1.54) is 32.1 Å². The first kappa shape index (κ1) is 17.2. The van der Waals surface area contributed by atoms with Crippen LogP contribution in [0.4, 0.5) is 5.69 Å². The first-order chi connectivity index (χ1) is 12.8. The Balaban J connectivity index is 1.34. The third kappa shape index (κ3) is 3.93. The predicted octanol–water partition coefficient (Wildman–Crippen LogP) is 3.37. The van der Waals surface area contributed by atoms with Crippen molar-refractivity contribution in [2.24, 2.45) is 0 Å². The molecule has 1 amide bonds. The fourth-order valence-electron chi connectivity index (χ4n) is 4.01. The Morgan fingerprint density at radius 1 is 0.962 bits per heavy atom. The van der Waals surface area contributed by atoms with Gasteiger partial charge in [-0.05, 0) is 25.0 Å². The van der Waals surface area contributed by atoms with Crippen molar-refractivity contribution in [1.82, 2.24) is 14.9 Å². The van der Waals surface area contributed by atoms with E-state index in [2.05, 4.69) is 14.9 Å². The van der Waals surface area contributed by atoms with Crippen molar-refractivity contribution in [1.29, 1.82) is 0 Å². The molecule has 1 saturated heterocycles.